The number of aromatic nitrogens is 2. The van der Waals surface area contributed by atoms with Gasteiger partial charge in [0.05, 0.1) is 45.4 Å². The van der Waals surface area contributed by atoms with Crippen molar-refractivity contribution in [3.63, 3.8) is 0 Å². The van der Waals surface area contributed by atoms with Crippen LogP contribution in [0.5, 0.6) is 11.5 Å². The van der Waals surface area contributed by atoms with E-state index in [0.717, 1.165) is 49.4 Å². The molecule has 27 heavy (non-hydrogen) atoms. The predicted molar refractivity (Wildman–Crippen MR) is 104 cm³/mol. The summed E-state index contributed by atoms with van der Waals surface area (Å²) in [4.78, 5) is 13.4. The van der Waals surface area contributed by atoms with E-state index in [9.17, 15) is 5.11 Å². The lowest BCUT2D eigenvalue weighted by atomic mass is 10.1. The summed E-state index contributed by atoms with van der Waals surface area (Å²) in [6.45, 7) is 7.46. The number of benzene rings is 2. The third-order valence-corrected chi connectivity index (χ3v) is 5.29. The number of methoxy groups -OCH3 is 1. The molecule has 6 nitrogen and oxygen atoms in total. The van der Waals surface area contributed by atoms with Gasteiger partial charge in [-0.3, -0.25) is 0 Å². The molecule has 0 spiro atoms. The standard InChI is InChI=1S/C21H24N4O2/c1-3-24-11-13-25(14-12-24)21-15-7-4-5-9-17(15)22-20(23-21)16-8-6-10-18(27-2)19(16)26/h4-10,26H,3,11-14H2,1-2H3. The Morgan fingerprint density at radius 2 is 1.85 bits per heavy atom. The quantitative estimate of drug-likeness (QED) is 0.751. The van der Waals surface area contributed by atoms with Crippen LogP contribution in [0.4, 0.5) is 5.82 Å². The fraction of sp³-hybridized carbons (Fsp3) is 0.333. The molecule has 1 N–H and O–H groups in total. The molecule has 140 valence electrons. The first-order valence-corrected chi connectivity index (χ1v) is 9.41. The number of nitrogens with zero attached hydrogens (tertiary/aromatic N) is 3. The summed E-state index contributed by atoms with van der Waals surface area (Å²) in [7, 11) is 1.50. The van der Waals surface area contributed by atoms with Crippen molar-refractivity contribution in [1.82, 2.24) is 9.97 Å². The monoisotopic (exact) mass is 364 g/mol. The number of hydrogen-bond donors (Lipinski definition) is 1. The van der Waals surface area contributed by atoms with E-state index in [2.05, 4.69) is 22.9 Å². The second-order valence-corrected chi connectivity index (χ2v) is 6.82. The van der Waals surface area contributed by atoms with Gasteiger partial charge in [0.2, 0.25) is 0 Å². The van der Waals surface area contributed by atoms with Gasteiger partial charge in [-0.1, -0.05) is 30.0 Å². The van der Waals surface area contributed by atoms with E-state index < -0.39 is 0 Å². The van der Waals surface area contributed by atoms with Crippen LogP contribution in [0.3, 0.4) is 0 Å². The van der Waals surface area contributed by atoms with Crippen molar-refractivity contribution in [2.24, 2.45) is 0 Å². The van der Waals surface area contributed by atoms with Gasteiger partial charge in [0.25, 0.3) is 0 Å². The molecule has 1 aromatic heterocycles. The molecule has 0 amide bonds. The highest BCUT2D eigenvalue weighted by atomic mass is 16.5. The minimum absolute atomic E-state index is 0.179. The number of quaternary nitrogens is 1. The SMILES string of the molecule is CC[NH+]1CCN(c2nc(-c3cccc(OC)c3[O-])nc3ccccc23)CC1. The summed E-state index contributed by atoms with van der Waals surface area (Å²) in [6.07, 6.45) is 0. The van der Waals surface area contributed by atoms with E-state index in [4.69, 9.17) is 9.72 Å². The van der Waals surface area contributed by atoms with Gasteiger partial charge in [0, 0.05) is 10.9 Å². The molecular formula is C21H24N4O2. The molecule has 2 aromatic carbocycles. The molecule has 1 aliphatic rings. The van der Waals surface area contributed by atoms with Crippen LogP contribution in [0, 0.1) is 0 Å². The second kappa shape index (κ2) is 7.40. The molecule has 1 aliphatic heterocycles. The van der Waals surface area contributed by atoms with Gasteiger partial charge < -0.3 is 19.6 Å². The number of anilines is 1. The van der Waals surface area contributed by atoms with E-state index in [1.165, 1.54) is 7.11 Å². The lowest BCUT2D eigenvalue weighted by molar-refractivity contribution is -0.898. The van der Waals surface area contributed by atoms with Crippen molar-refractivity contribution in [2.45, 2.75) is 6.92 Å². The Labute approximate surface area is 159 Å². The van der Waals surface area contributed by atoms with Gasteiger partial charge in [-0.2, -0.15) is 0 Å². The van der Waals surface area contributed by atoms with Gasteiger partial charge in [-0.05, 0) is 25.1 Å². The van der Waals surface area contributed by atoms with Crippen LogP contribution >= 0.6 is 0 Å². The number of rotatable bonds is 4. The smallest absolute Gasteiger partial charge is 0.161 e. The third kappa shape index (κ3) is 3.28. The molecule has 2 heterocycles. The molecule has 3 aromatic rings. The van der Waals surface area contributed by atoms with E-state index in [-0.39, 0.29) is 5.75 Å². The van der Waals surface area contributed by atoms with Crippen molar-refractivity contribution in [1.29, 1.82) is 0 Å². The minimum atomic E-state index is -0.179. The fourth-order valence-electron chi connectivity index (χ4n) is 3.66. The highest BCUT2D eigenvalue weighted by molar-refractivity contribution is 5.91. The number of para-hydroxylation sites is 2. The normalized spacial score (nSPS) is 15.3. The van der Waals surface area contributed by atoms with Crippen molar-refractivity contribution >= 4 is 16.7 Å². The number of piperazine rings is 1. The Morgan fingerprint density at radius 3 is 2.59 bits per heavy atom. The molecule has 0 radical (unpaired) electrons. The predicted octanol–water partition coefficient (Wildman–Crippen LogP) is 1.10. The van der Waals surface area contributed by atoms with Crippen LogP contribution in [-0.2, 0) is 0 Å². The number of hydrogen-bond acceptors (Lipinski definition) is 5. The van der Waals surface area contributed by atoms with E-state index >= 15 is 0 Å². The average Bonchev–Trinajstić information content (AvgIpc) is 2.73. The van der Waals surface area contributed by atoms with Crippen LogP contribution in [0.25, 0.3) is 22.3 Å². The van der Waals surface area contributed by atoms with Crippen LogP contribution in [-0.4, -0.2) is 49.8 Å². The summed E-state index contributed by atoms with van der Waals surface area (Å²) in [5.41, 5.74) is 1.32. The zero-order chi connectivity index (χ0) is 18.8. The van der Waals surface area contributed by atoms with E-state index in [1.807, 2.05) is 18.2 Å². The average molecular weight is 364 g/mol. The van der Waals surface area contributed by atoms with Crippen molar-refractivity contribution in [3.8, 4) is 22.9 Å². The van der Waals surface area contributed by atoms with Crippen molar-refractivity contribution in [3.05, 3.63) is 42.5 Å². The van der Waals surface area contributed by atoms with Crippen LogP contribution in [0.2, 0.25) is 0 Å². The zero-order valence-electron chi connectivity index (χ0n) is 15.7. The number of nitrogens with one attached hydrogen (secondary N) is 1. The topological polar surface area (TPSA) is 65.8 Å². The van der Waals surface area contributed by atoms with Crippen molar-refractivity contribution in [2.75, 3.05) is 44.7 Å². The molecule has 1 saturated heterocycles. The molecular weight excluding hydrogens is 340 g/mol. The van der Waals surface area contributed by atoms with Gasteiger partial charge in [-0.15, -0.1) is 0 Å². The van der Waals surface area contributed by atoms with Gasteiger partial charge in [0.15, 0.2) is 5.82 Å². The summed E-state index contributed by atoms with van der Waals surface area (Å²) in [5, 5.41) is 13.7. The molecule has 0 saturated carbocycles. The van der Waals surface area contributed by atoms with Crippen LogP contribution < -0.4 is 19.6 Å². The first kappa shape index (κ1) is 17.5. The lowest BCUT2D eigenvalue weighted by Gasteiger charge is -2.33. The van der Waals surface area contributed by atoms with Gasteiger partial charge in [0.1, 0.15) is 11.6 Å². The Morgan fingerprint density at radius 1 is 1.07 bits per heavy atom. The Hall–Kier alpha value is -2.86. The van der Waals surface area contributed by atoms with Crippen LogP contribution in [0.15, 0.2) is 42.5 Å². The maximum atomic E-state index is 12.7. The molecule has 0 unspecified atom stereocenters. The van der Waals surface area contributed by atoms with Crippen molar-refractivity contribution < 1.29 is 14.7 Å². The van der Waals surface area contributed by atoms with E-state index in [1.54, 1.807) is 23.1 Å². The van der Waals surface area contributed by atoms with E-state index in [0.29, 0.717) is 17.1 Å². The highest BCUT2D eigenvalue weighted by Crippen LogP contribution is 2.35. The Kier molecular flexibility index (Phi) is 4.81. The Balaban J connectivity index is 1.82. The number of likely N-dealkylation sites (N-methyl/N-ethyl adjacent to an activating group) is 1. The Bertz CT molecular complexity index is 952. The molecule has 0 atom stereocenters. The van der Waals surface area contributed by atoms with Crippen LogP contribution in [0.1, 0.15) is 6.92 Å². The largest absolute Gasteiger partial charge is 0.869 e. The number of fused-ring (bicyclic) bond motifs is 1. The summed E-state index contributed by atoms with van der Waals surface area (Å²) < 4.78 is 5.18. The van der Waals surface area contributed by atoms with Gasteiger partial charge in [-0.25, -0.2) is 9.97 Å². The molecule has 0 bridgehead atoms. The number of ether oxygens (including phenoxy) is 1. The summed E-state index contributed by atoms with van der Waals surface area (Å²) in [5.74, 6) is 1.50. The summed E-state index contributed by atoms with van der Waals surface area (Å²) in [6, 6.07) is 13.2. The lowest BCUT2D eigenvalue weighted by Crippen LogP contribution is -3.14. The molecule has 4 rings (SSSR count). The maximum Gasteiger partial charge on any atom is 0.161 e. The zero-order valence-corrected chi connectivity index (χ0v) is 15.7. The molecule has 0 aliphatic carbocycles. The first-order chi connectivity index (χ1) is 13.2. The molecule has 1 fully saturated rings. The first-order valence-electron chi connectivity index (χ1n) is 9.41. The molecule has 6 heteroatoms. The summed E-state index contributed by atoms with van der Waals surface area (Å²) >= 11 is 0. The third-order valence-electron chi connectivity index (χ3n) is 5.29. The minimum Gasteiger partial charge on any atom is -0.869 e. The maximum absolute atomic E-state index is 12.7. The highest BCUT2D eigenvalue weighted by Gasteiger charge is 2.22. The van der Waals surface area contributed by atoms with Gasteiger partial charge >= 0.3 is 0 Å². The fourth-order valence-corrected chi connectivity index (χ4v) is 3.66. The second-order valence-electron chi connectivity index (χ2n) is 6.82.